The molecule has 1 unspecified atom stereocenters. The van der Waals surface area contributed by atoms with E-state index in [9.17, 15) is 4.79 Å². The van der Waals surface area contributed by atoms with Gasteiger partial charge in [-0.05, 0) is 35.6 Å². The van der Waals surface area contributed by atoms with E-state index in [0.29, 0.717) is 11.3 Å². The molecule has 0 aliphatic rings. The second kappa shape index (κ2) is 5.85. The zero-order valence-corrected chi connectivity index (χ0v) is 12.0. The number of hydrogen-bond acceptors (Lipinski definition) is 3. The van der Waals surface area contributed by atoms with Crippen molar-refractivity contribution in [1.29, 1.82) is 5.41 Å². The van der Waals surface area contributed by atoms with E-state index >= 15 is 0 Å². The third-order valence-electron chi connectivity index (χ3n) is 2.95. The average Bonchev–Trinajstić information content (AvgIpc) is 2.46. The third kappa shape index (κ3) is 2.86. The number of methoxy groups -OCH3 is 1. The Kier molecular flexibility index (Phi) is 4.16. The van der Waals surface area contributed by atoms with Crippen molar-refractivity contribution < 1.29 is 14.6 Å². The molecule has 2 N–H and O–H groups in total. The molecule has 4 nitrogen and oxygen atoms in total. The molecule has 102 valence electrons. The summed E-state index contributed by atoms with van der Waals surface area (Å²) in [5.74, 6) is -0.243. The van der Waals surface area contributed by atoms with E-state index in [-0.39, 0.29) is 5.56 Å². The average molecular weight is 287 g/mol. The lowest BCUT2D eigenvalue weighted by atomic mass is 10.0. The Morgan fingerprint density at radius 3 is 2.25 bits per heavy atom. The predicted octanol–water partition coefficient (Wildman–Crippen LogP) is 2.31. The summed E-state index contributed by atoms with van der Waals surface area (Å²) in [4.78, 5) is 10.8. The molecule has 20 heavy (non-hydrogen) atoms. The Hall–Kier alpha value is -2.19. The van der Waals surface area contributed by atoms with E-state index < -0.39 is 5.97 Å². The first-order valence-corrected chi connectivity index (χ1v) is 6.47. The summed E-state index contributed by atoms with van der Waals surface area (Å²) in [6.45, 7) is 0. The van der Waals surface area contributed by atoms with E-state index in [1.165, 1.54) is 12.1 Å². The fourth-order valence-electron chi connectivity index (χ4n) is 1.83. The van der Waals surface area contributed by atoms with Gasteiger partial charge in [-0.15, -0.1) is 9.24 Å². The normalized spacial score (nSPS) is 10.1. The van der Waals surface area contributed by atoms with E-state index in [1.807, 2.05) is 12.1 Å². The molecule has 1 atom stereocenters. The van der Waals surface area contributed by atoms with Gasteiger partial charge in [0.2, 0.25) is 0 Å². The van der Waals surface area contributed by atoms with Crippen LogP contribution in [0.4, 0.5) is 0 Å². The second-order valence-corrected chi connectivity index (χ2v) is 4.83. The number of hydrogen-bond donors (Lipinski definition) is 2. The molecular weight excluding hydrogens is 273 g/mol. The highest BCUT2D eigenvalue weighted by atomic mass is 31.0. The summed E-state index contributed by atoms with van der Waals surface area (Å²) >= 11 is 0. The molecule has 0 radical (unpaired) electrons. The van der Waals surface area contributed by atoms with Gasteiger partial charge in [0.25, 0.3) is 0 Å². The van der Waals surface area contributed by atoms with Gasteiger partial charge in [-0.25, -0.2) is 4.79 Å². The van der Waals surface area contributed by atoms with Crippen LogP contribution in [0.25, 0.3) is 0 Å². The molecule has 0 heterocycles. The molecular formula is C15H14NO3P. The van der Waals surface area contributed by atoms with Crippen LogP contribution in [-0.2, 0) is 0 Å². The minimum atomic E-state index is -0.973. The Bertz CT molecular complexity index is 665. The number of ether oxygens (including phenoxy) is 1. The fraction of sp³-hybridized carbons (Fsp3) is 0.0667. The smallest absolute Gasteiger partial charge is 0.335 e. The number of carboxylic acids is 1. The summed E-state index contributed by atoms with van der Waals surface area (Å²) in [6, 6.07) is 11.7. The molecule has 0 fully saturated rings. The number of benzene rings is 2. The minimum absolute atomic E-state index is 0.211. The molecule has 0 amide bonds. The summed E-state index contributed by atoms with van der Waals surface area (Å²) in [7, 11) is 4.17. The minimum Gasteiger partial charge on any atom is -0.497 e. The number of rotatable bonds is 4. The molecule has 0 aromatic heterocycles. The largest absolute Gasteiger partial charge is 0.497 e. The molecule has 0 aliphatic carbocycles. The maximum Gasteiger partial charge on any atom is 0.335 e. The van der Waals surface area contributed by atoms with Gasteiger partial charge in [0.15, 0.2) is 0 Å². The fourth-order valence-corrected chi connectivity index (χ4v) is 2.24. The van der Waals surface area contributed by atoms with Crippen molar-refractivity contribution in [2.24, 2.45) is 0 Å². The van der Waals surface area contributed by atoms with Crippen molar-refractivity contribution in [1.82, 2.24) is 0 Å². The highest BCUT2D eigenvalue weighted by molar-refractivity contribution is 7.27. The SMILES string of the molecule is COc1ccc(C(=N)c2ccc(C(=O)O)cc2)c(P)c1. The summed E-state index contributed by atoms with van der Waals surface area (Å²) in [5, 5.41) is 17.9. The first-order chi connectivity index (χ1) is 9.52. The summed E-state index contributed by atoms with van der Waals surface area (Å²) < 4.78 is 5.13. The highest BCUT2D eigenvalue weighted by Gasteiger charge is 2.10. The van der Waals surface area contributed by atoms with Gasteiger partial charge in [0.1, 0.15) is 5.75 Å². The van der Waals surface area contributed by atoms with Crippen LogP contribution in [0.5, 0.6) is 5.75 Å². The second-order valence-electron chi connectivity index (χ2n) is 4.21. The lowest BCUT2D eigenvalue weighted by Crippen LogP contribution is -2.11. The number of nitrogens with one attached hydrogen (secondary N) is 1. The van der Waals surface area contributed by atoms with Gasteiger partial charge in [-0.2, -0.15) is 0 Å². The molecule has 2 aromatic carbocycles. The Morgan fingerprint density at radius 1 is 1.15 bits per heavy atom. The number of aromatic carboxylic acids is 1. The first kappa shape index (κ1) is 14.2. The van der Waals surface area contributed by atoms with Gasteiger partial charge in [0.05, 0.1) is 18.4 Å². The van der Waals surface area contributed by atoms with Crippen LogP contribution < -0.4 is 10.0 Å². The van der Waals surface area contributed by atoms with Crippen LogP contribution in [-0.4, -0.2) is 23.9 Å². The van der Waals surface area contributed by atoms with Crippen molar-refractivity contribution in [3.05, 3.63) is 59.2 Å². The number of carboxylic acid groups (broad SMARTS) is 1. The van der Waals surface area contributed by atoms with Gasteiger partial charge < -0.3 is 9.84 Å². The van der Waals surface area contributed by atoms with Gasteiger partial charge in [-0.1, -0.05) is 12.1 Å². The molecule has 0 bridgehead atoms. The molecule has 0 spiro atoms. The van der Waals surface area contributed by atoms with Gasteiger partial charge in [-0.3, -0.25) is 5.41 Å². The third-order valence-corrected chi connectivity index (χ3v) is 3.43. The monoisotopic (exact) mass is 287 g/mol. The van der Waals surface area contributed by atoms with Crippen molar-refractivity contribution in [2.75, 3.05) is 7.11 Å². The van der Waals surface area contributed by atoms with Gasteiger partial charge >= 0.3 is 5.97 Å². The van der Waals surface area contributed by atoms with Crippen LogP contribution in [0.15, 0.2) is 42.5 Å². The van der Waals surface area contributed by atoms with Crippen molar-refractivity contribution >= 4 is 26.2 Å². The Labute approximate surface area is 119 Å². The van der Waals surface area contributed by atoms with Crippen molar-refractivity contribution in [3.63, 3.8) is 0 Å². The van der Waals surface area contributed by atoms with E-state index in [4.69, 9.17) is 15.3 Å². The highest BCUT2D eigenvalue weighted by Crippen LogP contribution is 2.16. The first-order valence-electron chi connectivity index (χ1n) is 5.89. The zero-order valence-electron chi connectivity index (χ0n) is 10.9. The van der Waals surface area contributed by atoms with E-state index in [2.05, 4.69) is 9.24 Å². The van der Waals surface area contributed by atoms with Crippen LogP contribution in [0, 0.1) is 5.41 Å². The molecule has 0 saturated heterocycles. The van der Waals surface area contributed by atoms with Crippen molar-refractivity contribution in [2.45, 2.75) is 0 Å². The van der Waals surface area contributed by atoms with Crippen LogP contribution in [0.3, 0.4) is 0 Å². The Morgan fingerprint density at radius 2 is 1.75 bits per heavy atom. The molecule has 2 aromatic rings. The molecule has 5 heteroatoms. The zero-order chi connectivity index (χ0) is 14.7. The summed E-state index contributed by atoms with van der Waals surface area (Å²) in [5.41, 5.74) is 1.99. The van der Waals surface area contributed by atoms with Crippen LogP contribution in [0.2, 0.25) is 0 Å². The molecule has 0 aliphatic heterocycles. The van der Waals surface area contributed by atoms with E-state index in [1.54, 1.807) is 25.3 Å². The van der Waals surface area contributed by atoms with Crippen LogP contribution in [0.1, 0.15) is 21.5 Å². The maximum atomic E-state index is 10.8. The van der Waals surface area contributed by atoms with Crippen molar-refractivity contribution in [3.8, 4) is 5.75 Å². The van der Waals surface area contributed by atoms with Crippen LogP contribution >= 0.6 is 9.24 Å². The topological polar surface area (TPSA) is 70.4 Å². The summed E-state index contributed by atoms with van der Waals surface area (Å²) in [6.07, 6.45) is 0. The standard InChI is InChI=1S/C15H14NO3P/c1-19-11-6-7-12(13(20)8-11)14(16)9-2-4-10(5-3-9)15(17)18/h2-8,16H,20H2,1H3,(H,17,18). The predicted molar refractivity (Wildman–Crippen MR) is 81.7 cm³/mol. The van der Waals surface area contributed by atoms with Gasteiger partial charge in [0, 0.05) is 11.1 Å². The molecule has 2 rings (SSSR count). The lowest BCUT2D eigenvalue weighted by Gasteiger charge is -2.09. The quantitative estimate of drug-likeness (QED) is 0.669. The van der Waals surface area contributed by atoms with E-state index in [0.717, 1.165) is 16.6 Å². The number of carbonyl (C=O) groups is 1. The lowest BCUT2D eigenvalue weighted by molar-refractivity contribution is 0.0697. The molecule has 0 saturated carbocycles. The Balaban J connectivity index is 2.33. The maximum absolute atomic E-state index is 10.8.